The highest BCUT2D eigenvalue weighted by molar-refractivity contribution is 6.04. The van der Waals surface area contributed by atoms with Crippen LogP contribution in [0.5, 0.6) is 0 Å². The Bertz CT molecular complexity index is 1670. The molecule has 0 spiro atoms. The normalized spacial score (nSPS) is 13.7. The fraction of sp³-hybridized carbons (Fsp3) is 0.312. The van der Waals surface area contributed by atoms with Crippen LogP contribution in [-0.4, -0.2) is 35.9 Å². The van der Waals surface area contributed by atoms with E-state index in [0.717, 1.165) is 18.2 Å². The predicted molar refractivity (Wildman–Crippen MR) is 160 cm³/mol. The summed E-state index contributed by atoms with van der Waals surface area (Å²) in [5.41, 5.74) is 1.47. The summed E-state index contributed by atoms with van der Waals surface area (Å²) in [6, 6.07) is 7.64. The largest absolute Gasteiger partial charge is 0.416 e. The first-order valence-electron chi connectivity index (χ1n) is 13.9. The smallest absolute Gasteiger partial charge is 0.381 e. The van der Waals surface area contributed by atoms with E-state index in [0.29, 0.717) is 48.4 Å². The minimum absolute atomic E-state index is 0.0887. The van der Waals surface area contributed by atoms with Crippen molar-refractivity contribution in [3.05, 3.63) is 92.9 Å². The number of carbonyl (C=O) groups excluding carboxylic acids is 3. The van der Waals surface area contributed by atoms with E-state index in [2.05, 4.69) is 27.5 Å². The van der Waals surface area contributed by atoms with E-state index < -0.39 is 23.6 Å². The zero-order chi connectivity index (χ0) is 32.2. The lowest BCUT2D eigenvalue weighted by Crippen LogP contribution is -2.30. The van der Waals surface area contributed by atoms with Crippen molar-refractivity contribution in [3.8, 4) is 11.1 Å². The van der Waals surface area contributed by atoms with Crippen molar-refractivity contribution in [3.63, 3.8) is 0 Å². The minimum atomic E-state index is -4.68. The van der Waals surface area contributed by atoms with Crippen LogP contribution < -0.4 is 21.5 Å². The number of alkyl halides is 3. The summed E-state index contributed by atoms with van der Waals surface area (Å²) in [4.78, 5) is 54.1. The molecule has 1 aliphatic rings. The van der Waals surface area contributed by atoms with Gasteiger partial charge in [0.25, 0.3) is 11.5 Å². The van der Waals surface area contributed by atoms with Gasteiger partial charge in [0.1, 0.15) is 0 Å². The summed E-state index contributed by atoms with van der Waals surface area (Å²) in [6.07, 6.45) is -2.73. The van der Waals surface area contributed by atoms with Crippen LogP contribution in [-0.2, 0) is 27.0 Å². The Kier molecular flexibility index (Phi) is 9.73. The maximum atomic E-state index is 13.6. The predicted octanol–water partition coefficient (Wildman–Crippen LogP) is 5.41. The molecule has 3 aromatic rings. The van der Waals surface area contributed by atoms with Crippen LogP contribution in [0.25, 0.3) is 11.1 Å². The number of aromatic nitrogens is 1. The molecule has 0 bridgehead atoms. The molecule has 0 aliphatic carbocycles. The number of pyridine rings is 1. The maximum absolute atomic E-state index is 13.6. The number of H-pyrrole nitrogens is 1. The Balaban J connectivity index is 1.80. The van der Waals surface area contributed by atoms with Crippen molar-refractivity contribution in [1.29, 1.82) is 0 Å². The van der Waals surface area contributed by atoms with Gasteiger partial charge in [-0.25, -0.2) is 0 Å². The Morgan fingerprint density at radius 1 is 1.02 bits per heavy atom. The van der Waals surface area contributed by atoms with E-state index in [-0.39, 0.29) is 52.0 Å². The Morgan fingerprint density at radius 3 is 2.36 bits per heavy atom. The number of aryl methyl sites for hydroxylation is 2. The molecule has 4 N–H and O–H groups in total. The fourth-order valence-electron chi connectivity index (χ4n) is 5.05. The van der Waals surface area contributed by atoms with Crippen LogP contribution in [0.2, 0.25) is 0 Å². The van der Waals surface area contributed by atoms with E-state index >= 15 is 0 Å². The highest BCUT2D eigenvalue weighted by atomic mass is 19.4. The molecule has 0 saturated carbocycles. The lowest BCUT2D eigenvalue weighted by atomic mass is 9.94. The van der Waals surface area contributed by atoms with E-state index in [4.69, 9.17) is 4.74 Å². The standard InChI is InChI=1S/C32H33F3N4O5/c1-5-28(40)38-27-15-22(32(33,34)35)6-7-23(27)21-13-24(30(42)36-16-25-17(2)12-18(3)37-31(25)43)19(4)26(14-21)39-29(41)20-8-10-44-11-9-20/h5-7,12-15,20H,1,8-11,16H2,2-4H3,(H,36,42)(H,37,43)(H,38,40)(H,39,41). The number of halogens is 3. The number of nitrogens with one attached hydrogen (secondary N) is 4. The second kappa shape index (κ2) is 13.3. The monoisotopic (exact) mass is 610 g/mol. The van der Waals surface area contributed by atoms with Crippen LogP contribution >= 0.6 is 0 Å². The number of benzene rings is 2. The van der Waals surface area contributed by atoms with Crippen LogP contribution in [0.4, 0.5) is 24.5 Å². The molecule has 0 atom stereocenters. The molecule has 4 rings (SSSR count). The average molecular weight is 611 g/mol. The van der Waals surface area contributed by atoms with Gasteiger partial charge in [-0.2, -0.15) is 13.2 Å². The van der Waals surface area contributed by atoms with Crippen molar-refractivity contribution in [2.24, 2.45) is 5.92 Å². The van der Waals surface area contributed by atoms with Crippen LogP contribution in [0.1, 0.15) is 51.1 Å². The number of hydrogen-bond acceptors (Lipinski definition) is 5. The summed E-state index contributed by atoms with van der Waals surface area (Å²) in [7, 11) is 0. The zero-order valence-electron chi connectivity index (χ0n) is 24.5. The van der Waals surface area contributed by atoms with E-state index in [1.54, 1.807) is 32.9 Å². The molecule has 3 amide bonds. The van der Waals surface area contributed by atoms with Gasteiger partial charge >= 0.3 is 6.18 Å². The lowest BCUT2D eigenvalue weighted by Gasteiger charge is -2.23. The van der Waals surface area contributed by atoms with Crippen LogP contribution in [0, 0.1) is 26.7 Å². The molecule has 12 heteroatoms. The van der Waals surface area contributed by atoms with Gasteiger partial charge in [0.15, 0.2) is 0 Å². The number of amides is 3. The molecule has 44 heavy (non-hydrogen) atoms. The van der Waals surface area contributed by atoms with Gasteiger partial charge in [-0.3, -0.25) is 19.2 Å². The maximum Gasteiger partial charge on any atom is 0.416 e. The first-order chi connectivity index (χ1) is 20.8. The molecule has 0 unspecified atom stereocenters. The van der Waals surface area contributed by atoms with E-state index in [9.17, 15) is 32.3 Å². The summed E-state index contributed by atoms with van der Waals surface area (Å²) in [6.45, 7) is 9.27. The number of carbonyl (C=O) groups is 3. The molecule has 1 aromatic heterocycles. The van der Waals surface area contributed by atoms with Crippen molar-refractivity contribution in [1.82, 2.24) is 10.3 Å². The van der Waals surface area contributed by atoms with Gasteiger partial charge in [0.05, 0.1) is 5.56 Å². The first-order valence-corrected chi connectivity index (χ1v) is 13.9. The summed E-state index contributed by atoms with van der Waals surface area (Å²) < 4.78 is 46.0. The fourth-order valence-corrected chi connectivity index (χ4v) is 5.05. The van der Waals surface area contributed by atoms with E-state index in [1.165, 1.54) is 12.1 Å². The van der Waals surface area contributed by atoms with E-state index in [1.807, 2.05) is 0 Å². The topological polar surface area (TPSA) is 129 Å². The Morgan fingerprint density at radius 2 is 1.73 bits per heavy atom. The molecule has 1 saturated heterocycles. The molecule has 2 aromatic carbocycles. The van der Waals surface area contributed by atoms with Crippen LogP contribution in [0.3, 0.4) is 0 Å². The van der Waals surface area contributed by atoms with Crippen molar-refractivity contribution in [2.45, 2.75) is 46.3 Å². The number of hydrogen-bond donors (Lipinski definition) is 4. The zero-order valence-corrected chi connectivity index (χ0v) is 24.5. The van der Waals surface area contributed by atoms with Gasteiger partial charge in [-0.15, -0.1) is 0 Å². The van der Waals surface area contributed by atoms with Gasteiger partial charge in [-0.05, 0) is 86.7 Å². The quantitative estimate of drug-likeness (QED) is 0.254. The summed E-state index contributed by atoms with van der Waals surface area (Å²) in [5.74, 6) is -1.92. The molecule has 1 aliphatic heterocycles. The molecule has 232 valence electrons. The first kappa shape index (κ1) is 32.2. The molecular weight excluding hydrogens is 577 g/mol. The molecular formula is C32H33F3N4O5. The second-order valence-corrected chi connectivity index (χ2v) is 10.6. The molecule has 9 nitrogen and oxygen atoms in total. The summed E-state index contributed by atoms with van der Waals surface area (Å²) in [5, 5.41) is 8.04. The average Bonchev–Trinajstić information content (AvgIpc) is 2.97. The van der Waals surface area contributed by atoms with Crippen molar-refractivity contribution >= 4 is 29.1 Å². The van der Waals surface area contributed by atoms with Gasteiger partial charge < -0.3 is 25.7 Å². The number of anilines is 2. The third kappa shape index (κ3) is 7.43. The third-order valence-electron chi connectivity index (χ3n) is 7.52. The molecule has 1 fully saturated rings. The highest BCUT2D eigenvalue weighted by Crippen LogP contribution is 2.38. The number of aromatic amines is 1. The SMILES string of the molecule is C=CC(=O)Nc1cc(C(F)(F)F)ccc1-c1cc(NC(=O)C2CCOCC2)c(C)c(C(=O)NCc2c(C)cc(C)[nH]c2=O)c1. The van der Waals surface area contributed by atoms with Crippen molar-refractivity contribution < 1.29 is 32.3 Å². The highest BCUT2D eigenvalue weighted by Gasteiger charge is 2.31. The third-order valence-corrected chi connectivity index (χ3v) is 7.52. The van der Waals surface area contributed by atoms with Crippen LogP contribution in [0.15, 0.2) is 53.8 Å². The second-order valence-electron chi connectivity index (χ2n) is 10.6. The number of ether oxygens (including phenoxy) is 1. The summed E-state index contributed by atoms with van der Waals surface area (Å²) >= 11 is 0. The molecule has 2 heterocycles. The Labute approximate surface area is 251 Å². The van der Waals surface area contributed by atoms with Gasteiger partial charge in [0.2, 0.25) is 11.8 Å². The van der Waals surface area contributed by atoms with Gasteiger partial charge in [0, 0.05) is 59.4 Å². The van der Waals surface area contributed by atoms with Gasteiger partial charge in [-0.1, -0.05) is 12.6 Å². The van der Waals surface area contributed by atoms with Crippen molar-refractivity contribution in [2.75, 3.05) is 23.8 Å². The number of rotatable bonds is 8. The molecule has 0 radical (unpaired) electrons. The Hall–Kier alpha value is -4.71. The minimum Gasteiger partial charge on any atom is -0.381 e. The lowest BCUT2D eigenvalue weighted by molar-refractivity contribution is -0.137.